The molecule has 1 aromatic carbocycles. The van der Waals surface area contributed by atoms with E-state index in [9.17, 15) is 28.3 Å². The van der Waals surface area contributed by atoms with Gasteiger partial charge in [-0.2, -0.15) is 8.78 Å². The molecule has 0 spiro atoms. The van der Waals surface area contributed by atoms with E-state index >= 15 is 0 Å². The van der Waals surface area contributed by atoms with Gasteiger partial charge in [-0.25, -0.2) is 0 Å². The van der Waals surface area contributed by atoms with Gasteiger partial charge < -0.3 is 29.6 Å². The summed E-state index contributed by atoms with van der Waals surface area (Å²) in [6.07, 6.45) is 0. The van der Waals surface area contributed by atoms with E-state index in [1.807, 2.05) is 5.32 Å². The first-order chi connectivity index (χ1) is 13.8. The lowest BCUT2D eigenvalue weighted by Gasteiger charge is -2.16. The van der Waals surface area contributed by atoms with Crippen molar-refractivity contribution in [1.82, 2.24) is 9.88 Å². The van der Waals surface area contributed by atoms with Crippen molar-refractivity contribution in [3.8, 4) is 11.5 Å². The van der Waals surface area contributed by atoms with Crippen molar-refractivity contribution in [3.63, 3.8) is 0 Å². The number of nitrogens with zero attached hydrogens (tertiary/aromatic N) is 1. The minimum atomic E-state index is -2.96. The summed E-state index contributed by atoms with van der Waals surface area (Å²) in [4.78, 5) is 35.8. The number of carboxylic acids is 1. The number of halogens is 2. The number of benzene rings is 1. The van der Waals surface area contributed by atoms with Crippen molar-refractivity contribution >= 4 is 11.9 Å². The van der Waals surface area contributed by atoms with Crippen LogP contribution in [0.25, 0.3) is 0 Å². The Morgan fingerprint density at radius 2 is 1.93 bits per heavy atom. The number of aliphatic carboxylic acids is 1. The molecule has 2 aromatic rings. The quantitative estimate of drug-likeness (QED) is 0.623. The third-order valence-corrected chi connectivity index (χ3v) is 4.26. The van der Waals surface area contributed by atoms with Crippen molar-refractivity contribution in [3.05, 3.63) is 57.0 Å². The Kier molecular flexibility index (Phi) is 5.78. The van der Waals surface area contributed by atoms with Crippen molar-refractivity contribution in [1.29, 1.82) is 0 Å². The first-order valence-electron chi connectivity index (χ1n) is 8.37. The number of ether oxygens (including phenoxy) is 2. The standard InChI is InChI=1S/C18H16F2N2O7/c19-18(20)29-10-3-1-9(2-4-10)6-22-12-8-28-7-11(12)15(25)14(17(22)27)16(26)21-5-13(23)24/h1-4,18,25H,5-8H2,(H,21,26)(H,23,24). The lowest BCUT2D eigenvalue weighted by molar-refractivity contribution is -0.135. The topological polar surface area (TPSA) is 127 Å². The third kappa shape index (κ3) is 4.35. The van der Waals surface area contributed by atoms with Crippen molar-refractivity contribution in [2.45, 2.75) is 26.4 Å². The molecule has 3 rings (SSSR count). The van der Waals surface area contributed by atoms with E-state index in [2.05, 4.69) is 4.74 Å². The molecule has 1 amide bonds. The van der Waals surface area contributed by atoms with Gasteiger partial charge in [-0.1, -0.05) is 12.1 Å². The number of carboxylic acid groups (broad SMARTS) is 1. The number of carbonyl (C=O) groups excluding carboxylic acids is 1. The number of hydrogen-bond donors (Lipinski definition) is 3. The summed E-state index contributed by atoms with van der Waals surface area (Å²) in [5.74, 6) is -2.95. The monoisotopic (exact) mass is 410 g/mol. The maximum atomic E-state index is 12.9. The van der Waals surface area contributed by atoms with Gasteiger partial charge in [0.25, 0.3) is 11.5 Å². The molecule has 154 valence electrons. The van der Waals surface area contributed by atoms with Gasteiger partial charge in [0.05, 0.1) is 25.5 Å². The zero-order valence-electron chi connectivity index (χ0n) is 14.9. The van der Waals surface area contributed by atoms with Crippen LogP contribution in [0.1, 0.15) is 27.2 Å². The van der Waals surface area contributed by atoms with Gasteiger partial charge in [0.15, 0.2) is 0 Å². The fourth-order valence-electron chi connectivity index (χ4n) is 2.95. The number of hydrogen-bond acceptors (Lipinski definition) is 6. The van der Waals surface area contributed by atoms with Gasteiger partial charge in [-0.15, -0.1) is 0 Å². The summed E-state index contributed by atoms with van der Waals surface area (Å²) in [5.41, 5.74) is -0.251. The largest absolute Gasteiger partial charge is 0.506 e. The van der Waals surface area contributed by atoms with Gasteiger partial charge in [-0.3, -0.25) is 14.4 Å². The molecule has 2 heterocycles. The molecule has 11 heteroatoms. The molecule has 1 aliphatic rings. The van der Waals surface area contributed by atoms with Gasteiger partial charge >= 0.3 is 12.6 Å². The number of alkyl halides is 2. The molecule has 3 N–H and O–H groups in total. The average Bonchev–Trinajstić information content (AvgIpc) is 3.14. The lowest BCUT2D eigenvalue weighted by Crippen LogP contribution is -2.37. The smallest absolute Gasteiger partial charge is 0.387 e. The van der Waals surface area contributed by atoms with E-state index < -0.39 is 41.9 Å². The van der Waals surface area contributed by atoms with Crippen molar-refractivity contribution in [2.24, 2.45) is 0 Å². The lowest BCUT2D eigenvalue weighted by atomic mass is 10.1. The first-order valence-corrected chi connectivity index (χ1v) is 8.37. The zero-order valence-corrected chi connectivity index (χ0v) is 14.9. The molecule has 0 unspecified atom stereocenters. The SMILES string of the molecule is O=C(O)CNC(=O)c1c(O)c2c(n(Cc3ccc(OC(F)F)cc3)c1=O)COC2. The Morgan fingerprint density at radius 1 is 1.24 bits per heavy atom. The van der Waals surface area contributed by atoms with Gasteiger partial charge in [-0.05, 0) is 17.7 Å². The predicted octanol–water partition coefficient (Wildman–Crippen LogP) is 1.05. The average molecular weight is 410 g/mol. The third-order valence-electron chi connectivity index (χ3n) is 4.26. The minimum Gasteiger partial charge on any atom is -0.506 e. The van der Waals surface area contributed by atoms with Crippen LogP contribution in [0, 0.1) is 0 Å². The highest BCUT2D eigenvalue weighted by Gasteiger charge is 2.29. The Hall–Kier alpha value is -3.47. The molecule has 0 bridgehead atoms. The second-order valence-corrected chi connectivity index (χ2v) is 6.13. The van der Waals surface area contributed by atoms with Crippen LogP contribution >= 0.6 is 0 Å². The Labute approximate surface area is 162 Å². The first kappa shape index (κ1) is 20.3. The van der Waals surface area contributed by atoms with E-state index in [-0.39, 0.29) is 31.1 Å². The van der Waals surface area contributed by atoms with Crippen LogP contribution in [-0.2, 0) is 29.3 Å². The summed E-state index contributed by atoms with van der Waals surface area (Å²) < 4.78 is 35.3. The summed E-state index contributed by atoms with van der Waals surface area (Å²) in [5, 5.41) is 21.1. The molecule has 1 aliphatic heterocycles. The fourth-order valence-corrected chi connectivity index (χ4v) is 2.95. The van der Waals surface area contributed by atoms with Crippen LogP contribution in [0.2, 0.25) is 0 Å². The maximum Gasteiger partial charge on any atom is 0.387 e. The van der Waals surface area contributed by atoms with E-state index in [4.69, 9.17) is 9.84 Å². The van der Waals surface area contributed by atoms with Crippen LogP contribution in [0.3, 0.4) is 0 Å². The van der Waals surface area contributed by atoms with Crippen LogP contribution < -0.4 is 15.6 Å². The molecular weight excluding hydrogens is 394 g/mol. The van der Waals surface area contributed by atoms with Crippen LogP contribution in [0.15, 0.2) is 29.1 Å². The van der Waals surface area contributed by atoms with E-state index in [0.29, 0.717) is 11.3 Å². The zero-order chi connectivity index (χ0) is 21.1. The highest BCUT2D eigenvalue weighted by atomic mass is 19.3. The molecule has 0 saturated heterocycles. The molecule has 0 aliphatic carbocycles. The van der Waals surface area contributed by atoms with Gasteiger partial charge in [0, 0.05) is 5.56 Å². The maximum absolute atomic E-state index is 12.9. The molecule has 1 aromatic heterocycles. The second-order valence-electron chi connectivity index (χ2n) is 6.13. The number of aromatic nitrogens is 1. The van der Waals surface area contributed by atoms with E-state index in [1.165, 1.54) is 28.8 Å². The fraction of sp³-hybridized carbons (Fsp3) is 0.278. The van der Waals surface area contributed by atoms with Crippen molar-refractivity contribution in [2.75, 3.05) is 6.54 Å². The highest BCUT2D eigenvalue weighted by Crippen LogP contribution is 2.30. The highest BCUT2D eigenvalue weighted by molar-refractivity contribution is 5.98. The van der Waals surface area contributed by atoms with E-state index in [0.717, 1.165) is 0 Å². The summed E-state index contributed by atoms with van der Waals surface area (Å²) in [7, 11) is 0. The molecule has 0 saturated carbocycles. The molecular formula is C18H16F2N2O7. The number of rotatable bonds is 7. The summed E-state index contributed by atoms with van der Waals surface area (Å²) in [6, 6.07) is 5.57. The van der Waals surface area contributed by atoms with E-state index in [1.54, 1.807) is 0 Å². The molecule has 0 radical (unpaired) electrons. The van der Waals surface area contributed by atoms with Crippen LogP contribution in [0.4, 0.5) is 8.78 Å². The van der Waals surface area contributed by atoms with Gasteiger partial charge in [0.1, 0.15) is 23.6 Å². The normalized spacial score (nSPS) is 12.7. The molecule has 29 heavy (non-hydrogen) atoms. The summed E-state index contributed by atoms with van der Waals surface area (Å²) >= 11 is 0. The number of carbonyl (C=O) groups is 2. The molecule has 0 fully saturated rings. The number of pyridine rings is 1. The number of nitrogens with one attached hydrogen (secondary N) is 1. The van der Waals surface area contributed by atoms with Crippen LogP contribution in [-0.4, -0.2) is 39.8 Å². The predicted molar refractivity (Wildman–Crippen MR) is 93.0 cm³/mol. The minimum absolute atomic E-state index is 0.0260. The number of aromatic hydroxyl groups is 1. The number of fused-ring (bicyclic) bond motifs is 1. The molecule has 9 nitrogen and oxygen atoms in total. The van der Waals surface area contributed by atoms with Crippen molar-refractivity contribution < 1.29 is 38.1 Å². The molecule has 0 atom stereocenters. The Balaban J connectivity index is 1.97. The Bertz CT molecular complexity index is 1000. The summed E-state index contributed by atoms with van der Waals surface area (Å²) in [6.45, 7) is -3.72. The number of amides is 1. The Morgan fingerprint density at radius 3 is 2.55 bits per heavy atom. The van der Waals surface area contributed by atoms with Crippen LogP contribution in [0.5, 0.6) is 11.5 Å². The van der Waals surface area contributed by atoms with Gasteiger partial charge in [0.2, 0.25) is 0 Å². The second kappa shape index (κ2) is 8.27.